The molecule has 0 bridgehead atoms. The summed E-state index contributed by atoms with van der Waals surface area (Å²) in [5.41, 5.74) is 1.92. The van der Waals surface area contributed by atoms with Crippen LogP contribution in [-0.2, 0) is 4.79 Å². The minimum Gasteiger partial charge on any atom is -0.481 e. The molecule has 1 saturated carbocycles. The summed E-state index contributed by atoms with van der Waals surface area (Å²) in [6.07, 6.45) is 8.39. The van der Waals surface area contributed by atoms with Crippen LogP contribution >= 0.6 is 11.8 Å². The highest BCUT2D eigenvalue weighted by Gasteiger charge is 2.27. The Morgan fingerprint density at radius 2 is 2.29 bits per heavy atom. The van der Waals surface area contributed by atoms with Crippen molar-refractivity contribution in [2.24, 2.45) is 5.92 Å². The Balaban J connectivity index is 2.04. The van der Waals surface area contributed by atoms with Crippen molar-refractivity contribution in [3.63, 3.8) is 0 Å². The molecule has 0 saturated heterocycles. The van der Waals surface area contributed by atoms with E-state index in [4.69, 9.17) is 5.11 Å². The van der Waals surface area contributed by atoms with Gasteiger partial charge in [-0.05, 0) is 24.8 Å². The minimum absolute atomic E-state index is 0.0395. The van der Waals surface area contributed by atoms with Gasteiger partial charge in [0.1, 0.15) is 5.52 Å². The maximum atomic E-state index is 10.9. The van der Waals surface area contributed by atoms with E-state index in [-0.39, 0.29) is 5.75 Å². The molecule has 1 N–H and O–H groups in total. The van der Waals surface area contributed by atoms with Crippen molar-refractivity contribution in [1.82, 2.24) is 14.5 Å². The van der Waals surface area contributed by atoms with Crippen molar-refractivity contribution in [3.8, 4) is 0 Å². The Kier molecular flexibility index (Phi) is 4.14. The van der Waals surface area contributed by atoms with Gasteiger partial charge in [0.25, 0.3) is 0 Å². The molecule has 2 atom stereocenters. The number of carboxylic acids is 1. The Bertz CT molecular complexity index is 655. The first kappa shape index (κ1) is 14.4. The molecule has 5 nitrogen and oxygen atoms in total. The van der Waals surface area contributed by atoms with E-state index in [1.54, 1.807) is 12.4 Å². The molecular weight excluding hydrogens is 286 g/mol. The van der Waals surface area contributed by atoms with Gasteiger partial charge in [-0.3, -0.25) is 9.78 Å². The number of carbonyl (C=O) groups is 1. The molecule has 3 rings (SSSR count). The largest absolute Gasteiger partial charge is 0.481 e. The number of aliphatic carboxylic acids is 1. The van der Waals surface area contributed by atoms with E-state index in [1.807, 2.05) is 6.07 Å². The molecule has 2 unspecified atom stereocenters. The number of hydrogen-bond donors (Lipinski definition) is 1. The van der Waals surface area contributed by atoms with Crippen molar-refractivity contribution in [2.75, 3.05) is 5.75 Å². The van der Waals surface area contributed by atoms with Crippen LogP contribution in [0.4, 0.5) is 0 Å². The van der Waals surface area contributed by atoms with Crippen LogP contribution in [0, 0.1) is 5.92 Å². The van der Waals surface area contributed by atoms with Gasteiger partial charge in [0.15, 0.2) is 5.16 Å². The van der Waals surface area contributed by atoms with Crippen LogP contribution in [0.2, 0.25) is 0 Å². The molecule has 2 aromatic heterocycles. The minimum atomic E-state index is -0.812. The van der Waals surface area contributed by atoms with Gasteiger partial charge in [-0.2, -0.15) is 0 Å². The van der Waals surface area contributed by atoms with Crippen molar-refractivity contribution >= 4 is 28.8 Å². The second-order valence-corrected chi connectivity index (χ2v) is 6.58. The summed E-state index contributed by atoms with van der Waals surface area (Å²) in [7, 11) is 0. The SMILES string of the molecule is CC1CCCCC1n1c(SCC(=O)O)nc2cnccc21. The van der Waals surface area contributed by atoms with Crippen molar-refractivity contribution in [1.29, 1.82) is 0 Å². The molecule has 0 amide bonds. The Morgan fingerprint density at radius 3 is 3.05 bits per heavy atom. The smallest absolute Gasteiger partial charge is 0.313 e. The molecule has 2 heterocycles. The summed E-state index contributed by atoms with van der Waals surface area (Å²) in [5.74, 6) is -0.181. The van der Waals surface area contributed by atoms with Crippen LogP contribution in [0.5, 0.6) is 0 Å². The number of aromatic nitrogens is 3. The van der Waals surface area contributed by atoms with E-state index in [0.717, 1.165) is 22.6 Å². The number of hydrogen-bond acceptors (Lipinski definition) is 4. The number of fused-ring (bicyclic) bond motifs is 1. The van der Waals surface area contributed by atoms with Crippen molar-refractivity contribution in [2.45, 2.75) is 43.8 Å². The highest BCUT2D eigenvalue weighted by molar-refractivity contribution is 7.99. The zero-order chi connectivity index (χ0) is 14.8. The van der Waals surface area contributed by atoms with Gasteiger partial charge < -0.3 is 9.67 Å². The zero-order valence-electron chi connectivity index (χ0n) is 12.0. The molecule has 0 radical (unpaired) electrons. The van der Waals surface area contributed by atoms with Gasteiger partial charge in [-0.25, -0.2) is 4.98 Å². The third kappa shape index (κ3) is 2.90. The molecule has 2 aromatic rings. The normalized spacial score (nSPS) is 22.5. The summed E-state index contributed by atoms with van der Waals surface area (Å²) in [5, 5.41) is 9.74. The van der Waals surface area contributed by atoms with Gasteiger partial charge >= 0.3 is 5.97 Å². The number of carboxylic acid groups (broad SMARTS) is 1. The number of imidazole rings is 1. The fraction of sp³-hybridized carbons (Fsp3) is 0.533. The van der Waals surface area contributed by atoms with Gasteiger partial charge in [-0.15, -0.1) is 0 Å². The van der Waals surface area contributed by atoms with E-state index in [9.17, 15) is 4.79 Å². The summed E-state index contributed by atoms with van der Waals surface area (Å²) in [6.45, 7) is 2.28. The summed E-state index contributed by atoms with van der Waals surface area (Å²) in [4.78, 5) is 19.6. The molecule has 21 heavy (non-hydrogen) atoms. The number of pyridine rings is 1. The van der Waals surface area contributed by atoms with Crippen LogP contribution in [0.3, 0.4) is 0 Å². The lowest BCUT2D eigenvalue weighted by atomic mass is 9.86. The third-order valence-electron chi connectivity index (χ3n) is 4.18. The highest BCUT2D eigenvalue weighted by Crippen LogP contribution is 2.38. The monoisotopic (exact) mass is 305 g/mol. The lowest BCUT2D eigenvalue weighted by molar-refractivity contribution is -0.133. The fourth-order valence-corrected chi connectivity index (χ4v) is 3.95. The molecule has 1 fully saturated rings. The van der Waals surface area contributed by atoms with Crippen LogP contribution in [0.15, 0.2) is 23.6 Å². The molecule has 1 aliphatic carbocycles. The number of thioether (sulfide) groups is 1. The second kappa shape index (κ2) is 6.05. The molecule has 0 aromatic carbocycles. The Labute approximate surface area is 127 Å². The van der Waals surface area contributed by atoms with Gasteiger partial charge in [0.05, 0.1) is 17.5 Å². The molecule has 6 heteroatoms. The van der Waals surface area contributed by atoms with Crippen molar-refractivity contribution in [3.05, 3.63) is 18.5 Å². The molecule has 112 valence electrons. The van der Waals surface area contributed by atoms with Crippen LogP contribution in [-0.4, -0.2) is 31.4 Å². The zero-order valence-corrected chi connectivity index (χ0v) is 12.8. The Morgan fingerprint density at radius 1 is 1.48 bits per heavy atom. The average Bonchev–Trinajstić information content (AvgIpc) is 2.84. The lowest BCUT2D eigenvalue weighted by Crippen LogP contribution is -2.21. The predicted molar refractivity (Wildman–Crippen MR) is 82.6 cm³/mol. The molecule has 1 aliphatic rings. The maximum Gasteiger partial charge on any atom is 0.313 e. The summed E-state index contributed by atoms with van der Waals surface area (Å²) < 4.78 is 2.24. The summed E-state index contributed by atoms with van der Waals surface area (Å²) in [6, 6.07) is 2.39. The first-order chi connectivity index (χ1) is 10.2. The second-order valence-electron chi connectivity index (χ2n) is 5.64. The third-order valence-corrected chi connectivity index (χ3v) is 5.12. The summed E-state index contributed by atoms with van der Waals surface area (Å²) >= 11 is 1.30. The van der Waals surface area contributed by atoms with Crippen molar-refractivity contribution < 1.29 is 9.90 Å². The predicted octanol–water partition coefficient (Wildman–Crippen LogP) is 3.36. The van der Waals surface area contributed by atoms with E-state index in [0.29, 0.717) is 12.0 Å². The first-order valence-corrected chi connectivity index (χ1v) is 8.32. The van der Waals surface area contributed by atoms with E-state index in [2.05, 4.69) is 21.5 Å². The first-order valence-electron chi connectivity index (χ1n) is 7.33. The van der Waals surface area contributed by atoms with E-state index >= 15 is 0 Å². The number of rotatable bonds is 4. The standard InChI is InChI=1S/C15H19N3O2S/c1-10-4-2-3-5-12(10)18-13-6-7-16-8-11(13)17-15(18)21-9-14(19)20/h6-8,10,12H,2-5,9H2,1H3,(H,19,20). The maximum absolute atomic E-state index is 10.9. The van der Waals surface area contributed by atoms with Gasteiger partial charge in [0, 0.05) is 12.2 Å². The number of nitrogens with zero attached hydrogens (tertiary/aromatic N) is 3. The fourth-order valence-electron chi connectivity index (χ4n) is 3.16. The van der Waals surface area contributed by atoms with E-state index < -0.39 is 5.97 Å². The molecule has 0 aliphatic heterocycles. The van der Waals surface area contributed by atoms with Crippen LogP contribution < -0.4 is 0 Å². The average molecular weight is 305 g/mol. The quantitative estimate of drug-likeness (QED) is 0.877. The highest BCUT2D eigenvalue weighted by atomic mass is 32.2. The topological polar surface area (TPSA) is 68.0 Å². The Hall–Kier alpha value is -1.56. The van der Waals surface area contributed by atoms with Crippen LogP contribution in [0.1, 0.15) is 38.6 Å². The van der Waals surface area contributed by atoms with Gasteiger partial charge in [-0.1, -0.05) is 31.5 Å². The molecular formula is C15H19N3O2S. The van der Waals surface area contributed by atoms with Crippen LogP contribution in [0.25, 0.3) is 11.0 Å². The van der Waals surface area contributed by atoms with Gasteiger partial charge in [0.2, 0.25) is 0 Å². The molecule has 0 spiro atoms. The lowest BCUT2D eigenvalue weighted by Gasteiger charge is -2.31. The van der Waals surface area contributed by atoms with E-state index in [1.165, 1.54) is 31.0 Å².